The third kappa shape index (κ3) is 10.9. The minimum absolute atomic E-state index is 0.0273. The highest BCUT2D eigenvalue weighted by Gasteiger charge is 2.19. The standard InChI is InChI=1S/C36H48N6O6/c43-25-22-37(28-31-10-4-1-5-11-31)16-19-40-34(46)41(20-17-38(23-26-44)29-32-12-6-2-7-13-32)36(48)42(35(40)47)21-18-39(24-27-45)30-33-14-8-3-9-15-33/h1-15,43-45H,16-30H2. The molecule has 12 heteroatoms. The fourth-order valence-electron chi connectivity index (χ4n) is 5.74. The zero-order valence-electron chi connectivity index (χ0n) is 27.5. The third-order valence-electron chi connectivity index (χ3n) is 8.30. The van der Waals surface area contributed by atoms with Crippen LogP contribution in [0.25, 0.3) is 0 Å². The summed E-state index contributed by atoms with van der Waals surface area (Å²) in [5.41, 5.74) is 1.03. The van der Waals surface area contributed by atoms with Crippen molar-refractivity contribution in [3.8, 4) is 0 Å². The molecule has 0 fully saturated rings. The molecule has 4 aromatic rings. The highest BCUT2D eigenvalue weighted by molar-refractivity contribution is 5.16. The molecule has 0 radical (unpaired) electrons. The maximum absolute atomic E-state index is 13.8. The van der Waals surface area contributed by atoms with Crippen LogP contribution in [0, 0.1) is 0 Å². The van der Waals surface area contributed by atoms with Crippen molar-refractivity contribution in [1.29, 1.82) is 0 Å². The molecule has 0 atom stereocenters. The molecule has 4 rings (SSSR count). The summed E-state index contributed by atoms with van der Waals surface area (Å²) in [7, 11) is 0. The van der Waals surface area contributed by atoms with Gasteiger partial charge >= 0.3 is 17.1 Å². The normalized spacial score (nSPS) is 11.6. The Labute approximate surface area is 281 Å². The first-order chi connectivity index (χ1) is 23.4. The molecule has 1 heterocycles. The van der Waals surface area contributed by atoms with Gasteiger partial charge in [-0.25, -0.2) is 28.1 Å². The highest BCUT2D eigenvalue weighted by atomic mass is 16.3. The molecule has 0 bridgehead atoms. The van der Waals surface area contributed by atoms with Crippen LogP contribution in [0.2, 0.25) is 0 Å². The van der Waals surface area contributed by atoms with Crippen molar-refractivity contribution in [3.63, 3.8) is 0 Å². The summed E-state index contributed by atoms with van der Waals surface area (Å²) < 4.78 is 3.33. The van der Waals surface area contributed by atoms with Gasteiger partial charge < -0.3 is 15.3 Å². The predicted molar refractivity (Wildman–Crippen MR) is 186 cm³/mol. The van der Waals surface area contributed by atoms with Crippen molar-refractivity contribution < 1.29 is 15.3 Å². The SMILES string of the molecule is O=c1n(CCN(CCO)Cc2ccccc2)c(=O)n(CCN(CCO)Cc2ccccc2)c(=O)n1CCN(CCO)Cc1ccccc1. The lowest BCUT2D eigenvalue weighted by Gasteiger charge is -2.24. The Balaban J connectivity index is 1.62. The maximum Gasteiger partial charge on any atom is 0.336 e. The first kappa shape index (κ1) is 36.7. The summed E-state index contributed by atoms with van der Waals surface area (Å²) in [6.07, 6.45) is 0. The summed E-state index contributed by atoms with van der Waals surface area (Å²) in [5.74, 6) is 0. The van der Waals surface area contributed by atoms with E-state index in [2.05, 4.69) is 0 Å². The summed E-state index contributed by atoms with van der Waals surface area (Å²) in [5, 5.41) is 29.2. The number of hydrogen-bond acceptors (Lipinski definition) is 9. The Kier molecular flexibility index (Phi) is 15.0. The van der Waals surface area contributed by atoms with Crippen molar-refractivity contribution in [2.75, 3.05) is 59.1 Å². The van der Waals surface area contributed by atoms with Crippen molar-refractivity contribution in [1.82, 2.24) is 28.4 Å². The molecule has 12 nitrogen and oxygen atoms in total. The average Bonchev–Trinajstić information content (AvgIpc) is 3.09. The van der Waals surface area contributed by atoms with Crippen molar-refractivity contribution in [2.45, 2.75) is 39.3 Å². The zero-order valence-corrected chi connectivity index (χ0v) is 27.5. The molecule has 258 valence electrons. The second kappa shape index (κ2) is 19.6. The molecule has 0 aliphatic heterocycles. The molecule has 0 saturated heterocycles. The number of aliphatic hydroxyl groups is 3. The molecule has 1 aromatic heterocycles. The van der Waals surface area contributed by atoms with Crippen molar-refractivity contribution in [3.05, 3.63) is 139 Å². The van der Waals surface area contributed by atoms with E-state index in [0.717, 1.165) is 30.4 Å². The van der Waals surface area contributed by atoms with Gasteiger partial charge in [0.2, 0.25) is 0 Å². The topological polar surface area (TPSA) is 136 Å². The second-order valence-corrected chi connectivity index (χ2v) is 11.8. The van der Waals surface area contributed by atoms with Gasteiger partial charge in [0.1, 0.15) is 0 Å². The molecule has 0 saturated carbocycles. The lowest BCUT2D eigenvalue weighted by molar-refractivity contribution is 0.175. The van der Waals surface area contributed by atoms with Crippen LogP contribution in [0.15, 0.2) is 105 Å². The molecule has 48 heavy (non-hydrogen) atoms. The molecular formula is C36H48N6O6. The number of nitrogens with zero attached hydrogens (tertiary/aromatic N) is 6. The molecule has 0 amide bonds. The van der Waals surface area contributed by atoms with Crippen molar-refractivity contribution >= 4 is 0 Å². The van der Waals surface area contributed by atoms with Gasteiger partial charge in [-0.15, -0.1) is 0 Å². The van der Waals surface area contributed by atoms with E-state index in [1.54, 1.807) is 0 Å². The van der Waals surface area contributed by atoms with E-state index in [1.807, 2.05) is 106 Å². The summed E-state index contributed by atoms with van der Waals surface area (Å²) in [4.78, 5) is 47.4. The van der Waals surface area contributed by atoms with Crippen LogP contribution in [0.5, 0.6) is 0 Å². The number of benzene rings is 3. The largest absolute Gasteiger partial charge is 0.395 e. The van der Waals surface area contributed by atoms with Gasteiger partial charge in [0.15, 0.2) is 0 Å². The number of aromatic nitrogens is 3. The molecule has 0 spiro atoms. The van der Waals surface area contributed by atoms with Crippen LogP contribution < -0.4 is 17.1 Å². The van der Waals surface area contributed by atoms with Crippen molar-refractivity contribution in [2.24, 2.45) is 0 Å². The lowest BCUT2D eigenvalue weighted by atomic mass is 10.2. The Morgan fingerprint density at radius 3 is 0.875 bits per heavy atom. The molecule has 0 unspecified atom stereocenters. The minimum Gasteiger partial charge on any atom is -0.395 e. The molecule has 3 aromatic carbocycles. The Bertz CT molecular complexity index is 1450. The monoisotopic (exact) mass is 660 g/mol. The van der Waals surface area contributed by atoms with Crippen LogP contribution in [0.4, 0.5) is 0 Å². The number of aliphatic hydroxyl groups excluding tert-OH is 3. The van der Waals surface area contributed by atoms with Crippen LogP contribution in [0.1, 0.15) is 16.7 Å². The van der Waals surface area contributed by atoms with Crippen LogP contribution in [0.3, 0.4) is 0 Å². The second-order valence-electron chi connectivity index (χ2n) is 11.8. The van der Waals surface area contributed by atoms with Gasteiger partial charge in [0.25, 0.3) is 0 Å². The van der Waals surface area contributed by atoms with E-state index in [1.165, 1.54) is 0 Å². The highest BCUT2D eigenvalue weighted by Crippen LogP contribution is 2.06. The fourth-order valence-corrected chi connectivity index (χ4v) is 5.74. The van der Waals surface area contributed by atoms with E-state index in [0.29, 0.717) is 58.9 Å². The Morgan fingerprint density at radius 2 is 0.646 bits per heavy atom. The fraction of sp³-hybridized carbons (Fsp3) is 0.417. The minimum atomic E-state index is -0.690. The molecule has 3 N–H and O–H groups in total. The van der Waals surface area contributed by atoms with Gasteiger partial charge in [0.05, 0.1) is 19.8 Å². The van der Waals surface area contributed by atoms with E-state index in [-0.39, 0.29) is 39.5 Å². The van der Waals surface area contributed by atoms with Crippen LogP contribution in [-0.4, -0.2) is 103 Å². The van der Waals surface area contributed by atoms with E-state index >= 15 is 0 Å². The number of hydrogen-bond donors (Lipinski definition) is 3. The molecular weight excluding hydrogens is 612 g/mol. The summed E-state index contributed by atoms with van der Waals surface area (Å²) in [6, 6.07) is 29.2. The van der Waals surface area contributed by atoms with Gasteiger partial charge in [-0.1, -0.05) is 91.0 Å². The smallest absolute Gasteiger partial charge is 0.336 e. The lowest BCUT2D eigenvalue weighted by Crippen LogP contribution is -2.56. The average molecular weight is 661 g/mol. The first-order valence-corrected chi connectivity index (χ1v) is 16.5. The number of rotatable bonds is 21. The zero-order chi connectivity index (χ0) is 34.1. The quantitative estimate of drug-likeness (QED) is 0.118. The first-order valence-electron chi connectivity index (χ1n) is 16.5. The Hall–Kier alpha value is -4.17. The molecule has 0 aliphatic carbocycles. The third-order valence-corrected chi connectivity index (χ3v) is 8.30. The predicted octanol–water partition coefficient (Wildman–Crippen LogP) is 0.655. The maximum atomic E-state index is 13.8. The van der Waals surface area contributed by atoms with E-state index in [9.17, 15) is 29.7 Å². The summed E-state index contributed by atoms with van der Waals surface area (Å²) in [6.45, 7) is 3.35. The Morgan fingerprint density at radius 1 is 0.396 bits per heavy atom. The van der Waals surface area contributed by atoms with Gasteiger partial charge in [-0.2, -0.15) is 0 Å². The van der Waals surface area contributed by atoms with Crippen LogP contribution in [-0.2, 0) is 39.3 Å². The molecule has 0 aliphatic rings. The summed E-state index contributed by atoms with van der Waals surface area (Å²) >= 11 is 0. The van der Waals surface area contributed by atoms with Gasteiger partial charge in [0, 0.05) is 78.5 Å². The van der Waals surface area contributed by atoms with E-state index in [4.69, 9.17) is 0 Å². The van der Waals surface area contributed by atoms with Crippen LogP contribution >= 0.6 is 0 Å². The van der Waals surface area contributed by atoms with Gasteiger partial charge in [-0.3, -0.25) is 14.7 Å². The van der Waals surface area contributed by atoms with Gasteiger partial charge in [-0.05, 0) is 16.7 Å². The van der Waals surface area contributed by atoms with E-state index < -0.39 is 17.1 Å².